The number of alkyl halides is 1. The molecule has 0 N–H and O–H groups in total. The van der Waals surface area contributed by atoms with Gasteiger partial charge in [0.15, 0.2) is 0 Å². The first-order chi connectivity index (χ1) is 5.44. The first-order valence-corrected chi connectivity index (χ1v) is 8.23. The highest BCUT2D eigenvalue weighted by Gasteiger charge is 2.51. The van der Waals surface area contributed by atoms with E-state index < -0.39 is 24.0 Å². The van der Waals surface area contributed by atoms with Crippen molar-refractivity contribution in [3.8, 4) is 0 Å². The average Bonchev–Trinajstić information content (AvgIpc) is 1.80. The molecule has 0 bridgehead atoms. The molecule has 0 aromatic heterocycles. The third-order valence-corrected chi connectivity index (χ3v) is 7.79. The van der Waals surface area contributed by atoms with Crippen LogP contribution in [0.15, 0.2) is 0 Å². The van der Waals surface area contributed by atoms with Crippen molar-refractivity contribution in [2.45, 2.75) is 44.9 Å². The number of hydrogen-bond donors (Lipinski definition) is 0. The maximum Gasteiger partial charge on any atom is 0.0795 e. The van der Waals surface area contributed by atoms with E-state index in [1.165, 1.54) is 0 Å². The number of carbonyl (C=O) groups is 1. The van der Waals surface area contributed by atoms with Gasteiger partial charge in [-0.2, -0.15) is 0 Å². The molecule has 0 radical (unpaired) electrons. The minimum absolute atomic E-state index is 0.474. The molecule has 13 heavy (non-hydrogen) atoms. The fourth-order valence-corrected chi connectivity index (χ4v) is 4.60. The van der Waals surface area contributed by atoms with E-state index in [0.29, 0.717) is 0 Å². The number of carbonyl (C=O) groups excluding carboxylic acids is 1. The lowest BCUT2D eigenvalue weighted by Gasteiger charge is -2.48. The molecule has 1 atom stereocenters. The van der Waals surface area contributed by atoms with Crippen molar-refractivity contribution >= 4 is 25.6 Å². The second-order valence-electron chi connectivity index (χ2n) is 5.45. The van der Waals surface area contributed by atoms with Crippen molar-refractivity contribution in [1.82, 2.24) is 0 Å². The highest BCUT2D eigenvalue weighted by Crippen LogP contribution is 2.43. The van der Waals surface area contributed by atoms with Crippen molar-refractivity contribution in [1.29, 1.82) is 0 Å². The molecule has 0 aromatic carbocycles. The van der Waals surface area contributed by atoms with Gasteiger partial charge >= 0.3 is 0 Å². The van der Waals surface area contributed by atoms with Crippen LogP contribution in [0.4, 0.5) is 0 Å². The van der Waals surface area contributed by atoms with E-state index in [0.717, 1.165) is 0 Å². The number of aliphatic carboxylic acids is 1. The normalized spacial score (nSPS) is 18.1. The maximum atomic E-state index is 11.1. The lowest BCUT2D eigenvalue weighted by atomic mass is 9.91. The smallest absolute Gasteiger partial charge is 0.0795 e. The molecule has 78 valence electrons. The van der Waals surface area contributed by atoms with Gasteiger partial charge in [-0.15, -0.1) is 11.6 Å². The van der Waals surface area contributed by atoms with Crippen LogP contribution < -0.4 is 5.11 Å². The number of carboxylic acids is 1. The molecule has 0 aliphatic heterocycles. The summed E-state index contributed by atoms with van der Waals surface area (Å²) in [5, 5.41) is 11.1. The number of carboxylic acid groups (broad SMARTS) is 1. The Hall–Kier alpha value is -0.0231. The van der Waals surface area contributed by atoms with Gasteiger partial charge in [0.05, 0.1) is 18.5 Å². The van der Waals surface area contributed by atoms with E-state index in [2.05, 4.69) is 0 Å². The van der Waals surface area contributed by atoms with Crippen molar-refractivity contribution in [2.24, 2.45) is 5.41 Å². The Balaban J connectivity index is 5.35. The molecule has 1 unspecified atom stereocenters. The van der Waals surface area contributed by atoms with Gasteiger partial charge in [-0.1, -0.05) is 40.4 Å². The summed E-state index contributed by atoms with van der Waals surface area (Å²) in [6.45, 7) is 11.4. The van der Waals surface area contributed by atoms with Gasteiger partial charge in [-0.25, -0.2) is 0 Å². The van der Waals surface area contributed by atoms with Crippen LogP contribution in [-0.4, -0.2) is 18.5 Å². The SMILES string of the molecule is CC(C)(C)C(Cl)(C(=O)[O-])[Si](C)(C)C. The largest absolute Gasteiger partial charge is 0.549 e. The third-order valence-electron chi connectivity index (χ3n) is 2.35. The Morgan fingerprint density at radius 2 is 1.54 bits per heavy atom. The first-order valence-electron chi connectivity index (χ1n) is 4.35. The van der Waals surface area contributed by atoms with Crippen molar-refractivity contribution < 1.29 is 9.90 Å². The molecular weight excluding hydrogens is 204 g/mol. The summed E-state index contributed by atoms with van der Waals surface area (Å²) in [6, 6.07) is 0. The number of hydrogen-bond acceptors (Lipinski definition) is 2. The predicted octanol–water partition coefficient (Wildman–Crippen LogP) is 1.64. The molecule has 4 heteroatoms. The zero-order valence-electron chi connectivity index (χ0n) is 9.19. The van der Waals surface area contributed by atoms with Gasteiger partial charge in [0.1, 0.15) is 0 Å². The monoisotopic (exact) mass is 221 g/mol. The fourth-order valence-electron chi connectivity index (χ4n) is 1.74. The standard InChI is InChI=1S/C9H19ClO2Si/c1-8(2,3)9(10,7(11)12)13(4,5)6/h1-6H3,(H,11,12)/p-1. The van der Waals surface area contributed by atoms with Crippen LogP contribution in [0, 0.1) is 5.41 Å². The molecule has 2 nitrogen and oxygen atoms in total. The fraction of sp³-hybridized carbons (Fsp3) is 0.889. The van der Waals surface area contributed by atoms with Crippen LogP contribution in [0.2, 0.25) is 19.6 Å². The minimum atomic E-state index is -2.01. The Kier molecular flexibility index (Phi) is 3.27. The Labute approximate surface area is 86.3 Å². The zero-order chi connectivity index (χ0) is 11.1. The van der Waals surface area contributed by atoms with Gasteiger partial charge in [-0.3, -0.25) is 0 Å². The maximum absolute atomic E-state index is 11.1. The molecule has 0 saturated carbocycles. The van der Waals surface area contributed by atoms with E-state index in [-0.39, 0.29) is 0 Å². The molecule has 0 spiro atoms. The summed E-state index contributed by atoms with van der Waals surface area (Å²) >= 11 is 6.23. The van der Waals surface area contributed by atoms with Gasteiger partial charge in [0.2, 0.25) is 0 Å². The highest BCUT2D eigenvalue weighted by molar-refractivity contribution is 6.90. The van der Waals surface area contributed by atoms with Crippen molar-refractivity contribution in [3.05, 3.63) is 0 Å². The summed E-state index contributed by atoms with van der Waals surface area (Å²) in [5.74, 6) is -1.14. The molecule has 0 fully saturated rings. The molecule has 0 saturated heterocycles. The molecule has 0 aliphatic carbocycles. The van der Waals surface area contributed by atoms with Gasteiger partial charge in [-0.05, 0) is 5.41 Å². The number of halogens is 1. The van der Waals surface area contributed by atoms with E-state index in [9.17, 15) is 9.90 Å². The van der Waals surface area contributed by atoms with Crippen LogP contribution in [0.25, 0.3) is 0 Å². The third kappa shape index (κ3) is 2.07. The average molecular weight is 222 g/mol. The van der Waals surface area contributed by atoms with Crippen molar-refractivity contribution in [2.75, 3.05) is 0 Å². The lowest BCUT2D eigenvalue weighted by molar-refractivity contribution is -0.309. The van der Waals surface area contributed by atoms with Crippen LogP contribution in [0.1, 0.15) is 20.8 Å². The van der Waals surface area contributed by atoms with Crippen LogP contribution >= 0.6 is 11.6 Å². The van der Waals surface area contributed by atoms with Crippen LogP contribution in [0.3, 0.4) is 0 Å². The van der Waals surface area contributed by atoms with Crippen LogP contribution in [0.5, 0.6) is 0 Å². The van der Waals surface area contributed by atoms with Gasteiger partial charge < -0.3 is 9.90 Å². The summed E-state index contributed by atoms with van der Waals surface area (Å²) < 4.78 is -1.21. The molecule has 0 aromatic rings. The Bertz CT molecular complexity index is 199. The van der Waals surface area contributed by atoms with Crippen molar-refractivity contribution in [3.63, 3.8) is 0 Å². The van der Waals surface area contributed by atoms with Gasteiger partial charge in [0.25, 0.3) is 0 Å². The highest BCUT2D eigenvalue weighted by atomic mass is 35.5. The summed E-state index contributed by atoms with van der Waals surface area (Å²) in [5.41, 5.74) is -0.474. The summed E-state index contributed by atoms with van der Waals surface area (Å²) in [4.78, 5) is 11.1. The van der Waals surface area contributed by atoms with E-state index in [4.69, 9.17) is 11.6 Å². The van der Waals surface area contributed by atoms with Crippen LogP contribution in [-0.2, 0) is 4.79 Å². The summed E-state index contributed by atoms with van der Waals surface area (Å²) in [6.07, 6.45) is 0. The Morgan fingerprint density at radius 3 is 1.54 bits per heavy atom. The number of rotatable bonds is 2. The quantitative estimate of drug-likeness (QED) is 0.526. The molecule has 0 rings (SSSR count). The topological polar surface area (TPSA) is 40.1 Å². The minimum Gasteiger partial charge on any atom is -0.549 e. The second kappa shape index (κ2) is 3.28. The Morgan fingerprint density at radius 1 is 1.23 bits per heavy atom. The molecule has 0 amide bonds. The molecule has 0 heterocycles. The first kappa shape index (κ1) is 13.0. The zero-order valence-corrected chi connectivity index (χ0v) is 11.0. The second-order valence-corrected chi connectivity index (χ2v) is 11.6. The molecular formula is C9H18ClO2Si-. The van der Waals surface area contributed by atoms with Gasteiger partial charge in [0, 0.05) is 0 Å². The summed E-state index contributed by atoms with van der Waals surface area (Å²) in [7, 11) is -2.01. The van der Waals surface area contributed by atoms with E-state index in [1.807, 2.05) is 40.4 Å². The van der Waals surface area contributed by atoms with E-state index >= 15 is 0 Å². The lowest BCUT2D eigenvalue weighted by Crippen LogP contribution is -2.65. The predicted molar refractivity (Wildman–Crippen MR) is 56.4 cm³/mol. The van der Waals surface area contributed by atoms with E-state index in [1.54, 1.807) is 0 Å². The molecule has 0 aliphatic rings.